The second kappa shape index (κ2) is 22.5. The van der Waals surface area contributed by atoms with Gasteiger partial charge in [-0.25, -0.2) is 9.67 Å². The number of imidazole rings is 1. The fourth-order valence-electron chi connectivity index (χ4n) is 8.48. The fourth-order valence-corrected chi connectivity index (χ4v) is 9.65. The van der Waals surface area contributed by atoms with Gasteiger partial charge in [0.15, 0.2) is 17.0 Å². The highest BCUT2D eigenvalue weighted by molar-refractivity contribution is 7.10. The molecule has 0 aliphatic carbocycles. The van der Waals surface area contributed by atoms with Crippen molar-refractivity contribution >= 4 is 80.9 Å². The molecule has 6 heterocycles. The zero-order valence-electron chi connectivity index (χ0n) is 38.5. The van der Waals surface area contributed by atoms with E-state index in [1.807, 2.05) is 71.2 Å². The van der Waals surface area contributed by atoms with Crippen molar-refractivity contribution in [1.82, 2.24) is 49.7 Å². The third-order valence-electron chi connectivity index (χ3n) is 12.1. The van der Waals surface area contributed by atoms with Gasteiger partial charge in [0.05, 0.1) is 36.9 Å². The van der Waals surface area contributed by atoms with E-state index in [1.54, 1.807) is 44.0 Å². The molecule has 8 rings (SSSR count). The number of carbonyl (C=O) groups excluding carboxylic acids is 3. The van der Waals surface area contributed by atoms with Crippen molar-refractivity contribution in [3.63, 3.8) is 0 Å². The van der Waals surface area contributed by atoms with Gasteiger partial charge in [-0.15, -0.1) is 28.0 Å². The molecule has 0 radical (unpaired) electrons. The number of aryl methyl sites for hydroxylation is 1. The maximum absolute atomic E-state index is 13.8. The van der Waals surface area contributed by atoms with Crippen molar-refractivity contribution in [3.05, 3.63) is 123 Å². The molecular weight excluding hydrogens is 942 g/mol. The number of hydrogen-bond donors (Lipinski definition) is 3. The molecule has 4 N–H and O–H groups in total. The minimum atomic E-state index is -0.979. The molecule has 1 aliphatic heterocycles. The number of thiophene rings is 1. The molecule has 0 spiro atoms. The number of rotatable bonds is 20. The lowest BCUT2D eigenvalue weighted by Gasteiger charge is -2.32. The van der Waals surface area contributed by atoms with Crippen LogP contribution in [0, 0.1) is 19.8 Å². The minimum absolute atomic E-state index is 0.0217. The number of piperidine rings is 1. The van der Waals surface area contributed by atoms with Crippen LogP contribution in [0.1, 0.15) is 58.3 Å². The molecule has 1 fully saturated rings. The maximum atomic E-state index is 13.8. The van der Waals surface area contributed by atoms with Crippen molar-refractivity contribution in [3.8, 4) is 11.5 Å². The number of nitrogen functional groups attached to an aromatic ring is 1. The Hall–Kier alpha value is -6.83. The van der Waals surface area contributed by atoms with Gasteiger partial charge in [-0.3, -0.25) is 24.3 Å². The van der Waals surface area contributed by atoms with Gasteiger partial charge in [-0.05, 0) is 80.7 Å². The van der Waals surface area contributed by atoms with Crippen molar-refractivity contribution in [2.24, 2.45) is 5.92 Å². The number of alkyl halides is 1. The van der Waals surface area contributed by atoms with Crippen molar-refractivity contribution in [2.45, 2.75) is 65.3 Å². The summed E-state index contributed by atoms with van der Waals surface area (Å²) in [7, 11) is 1.66. The summed E-state index contributed by atoms with van der Waals surface area (Å²) in [5, 5.41) is 16.9. The second-order valence-electron chi connectivity index (χ2n) is 16.7. The van der Waals surface area contributed by atoms with Crippen LogP contribution >= 0.6 is 34.5 Å². The summed E-state index contributed by atoms with van der Waals surface area (Å²) >= 11 is 14.2. The number of fused-ring (bicyclic) bond motifs is 1. The summed E-state index contributed by atoms with van der Waals surface area (Å²) in [5.41, 5.74) is 12.1. The predicted molar refractivity (Wildman–Crippen MR) is 266 cm³/mol. The highest BCUT2D eigenvalue weighted by atomic mass is 35.5. The summed E-state index contributed by atoms with van der Waals surface area (Å²) < 4.78 is 15.0. The number of aromatic nitrogens is 8. The first kappa shape index (κ1) is 48.6. The van der Waals surface area contributed by atoms with E-state index < -0.39 is 11.9 Å². The SMILES string of the molecule is COc1c(C)cnc(Cn2cnc3c(NCCC4CCN(C(=O)Cn5cc(COc6ccc(N(C(=O)CCl)C(C(=O)NCCc7ccccc7)c7cccs7)cc6Cl)nn5)CC4)nc(N)nc32)c1C. The van der Waals surface area contributed by atoms with E-state index in [-0.39, 0.29) is 41.8 Å². The molecule has 7 aromatic rings. The number of nitrogens with one attached hydrogen (secondary N) is 2. The number of hydrogen-bond acceptors (Lipinski definition) is 14. The van der Waals surface area contributed by atoms with Gasteiger partial charge in [0, 0.05) is 54.1 Å². The number of methoxy groups -OCH3 is 1. The van der Waals surface area contributed by atoms with Crippen LogP contribution in [0.15, 0.2) is 84.8 Å². The fraction of sp³-hybridized carbons (Fsp3) is 0.354. The third kappa shape index (κ3) is 11.7. The van der Waals surface area contributed by atoms with Crippen LogP contribution in [0.3, 0.4) is 0 Å². The van der Waals surface area contributed by atoms with Crippen LogP contribution in [0.25, 0.3) is 11.2 Å². The Kier molecular flexibility index (Phi) is 15.9. The molecule has 18 nitrogen and oxygen atoms in total. The Bertz CT molecular complexity index is 2890. The first-order valence-corrected chi connectivity index (χ1v) is 24.3. The lowest BCUT2D eigenvalue weighted by Crippen LogP contribution is -2.44. The van der Waals surface area contributed by atoms with Crippen LogP contribution in [0.2, 0.25) is 5.02 Å². The van der Waals surface area contributed by atoms with E-state index >= 15 is 0 Å². The second-order valence-corrected chi connectivity index (χ2v) is 18.4. The Morgan fingerprint density at radius 1 is 1.03 bits per heavy atom. The van der Waals surface area contributed by atoms with Crippen molar-refractivity contribution < 1.29 is 23.9 Å². The summed E-state index contributed by atoms with van der Waals surface area (Å²) in [6, 6.07) is 17.3. The molecule has 360 valence electrons. The molecule has 0 saturated carbocycles. The number of likely N-dealkylation sites (tertiary alicyclic amines) is 1. The molecule has 2 aromatic carbocycles. The number of nitrogens with two attached hydrogens (primary N) is 1. The van der Waals surface area contributed by atoms with E-state index in [2.05, 4.69) is 40.9 Å². The molecule has 69 heavy (non-hydrogen) atoms. The lowest BCUT2D eigenvalue weighted by molar-refractivity contribution is -0.133. The number of amides is 3. The first-order chi connectivity index (χ1) is 33.5. The predicted octanol–water partition coefficient (Wildman–Crippen LogP) is 6.78. The van der Waals surface area contributed by atoms with Crippen LogP contribution in [0.4, 0.5) is 17.5 Å². The van der Waals surface area contributed by atoms with Crippen molar-refractivity contribution in [1.29, 1.82) is 0 Å². The molecule has 1 unspecified atom stereocenters. The number of pyridine rings is 1. The monoisotopic (exact) mass is 993 g/mol. The van der Waals surface area contributed by atoms with Gasteiger partial charge >= 0.3 is 0 Å². The van der Waals surface area contributed by atoms with Gasteiger partial charge in [-0.2, -0.15) is 9.97 Å². The Labute approximate surface area is 413 Å². The lowest BCUT2D eigenvalue weighted by atomic mass is 9.93. The van der Waals surface area contributed by atoms with Gasteiger partial charge in [0.25, 0.3) is 0 Å². The summed E-state index contributed by atoms with van der Waals surface area (Å²) in [5.74, 6) is 1.06. The van der Waals surface area contributed by atoms with Crippen LogP contribution in [0.5, 0.6) is 11.5 Å². The standard InChI is InChI=1S/C48H53Cl2N13O5S/c1-30-24-54-37(31(2)44(30)67-3)26-61-29-55-42-45(56-48(51)57-46(42)61)52-17-13-33-15-19-60(20-16-33)41(65)27-62-25-34(58-59-62)28-68-38-12-11-35(22-36(38)50)63(40(64)23-49)43(39-10-7-21-69-39)47(66)53-18-14-32-8-5-4-6-9-32/h4-12,21-22,24-25,29,33,43H,13-20,23,26-28H2,1-3H3,(H,53,66)(H3,51,52,56,57). The third-order valence-corrected chi connectivity index (χ3v) is 13.5. The molecule has 1 aliphatic rings. The topological polar surface area (TPSA) is 213 Å². The van der Waals surface area contributed by atoms with E-state index in [0.29, 0.717) is 84.1 Å². The molecule has 1 saturated heterocycles. The quantitative estimate of drug-likeness (QED) is 0.0674. The highest BCUT2D eigenvalue weighted by Gasteiger charge is 2.34. The van der Waals surface area contributed by atoms with Crippen LogP contribution in [-0.4, -0.2) is 101 Å². The van der Waals surface area contributed by atoms with E-state index in [4.69, 9.17) is 38.4 Å². The molecule has 5 aromatic heterocycles. The largest absolute Gasteiger partial charge is 0.496 e. The summed E-state index contributed by atoms with van der Waals surface area (Å²) in [4.78, 5) is 62.6. The summed E-state index contributed by atoms with van der Waals surface area (Å²) in [6.07, 6.45) is 8.42. The summed E-state index contributed by atoms with van der Waals surface area (Å²) in [6.45, 7) is 6.77. The number of nitrogens with zero attached hydrogens (tertiary/aromatic N) is 10. The van der Waals surface area contributed by atoms with E-state index in [9.17, 15) is 14.4 Å². The highest BCUT2D eigenvalue weighted by Crippen LogP contribution is 2.36. The first-order valence-electron chi connectivity index (χ1n) is 22.5. The molecular formula is C48H53Cl2N13O5S. The average molecular weight is 995 g/mol. The number of halogens is 2. The molecule has 0 bridgehead atoms. The van der Waals surface area contributed by atoms with Gasteiger partial charge < -0.3 is 35.3 Å². The Morgan fingerprint density at radius 3 is 2.58 bits per heavy atom. The number of carbonyl (C=O) groups is 3. The van der Waals surface area contributed by atoms with Crippen LogP contribution in [-0.2, 0) is 40.5 Å². The van der Waals surface area contributed by atoms with Crippen LogP contribution < -0.4 is 30.7 Å². The number of ether oxygens (including phenoxy) is 2. The normalized spacial score (nSPS) is 13.3. The minimum Gasteiger partial charge on any atom is -0.496 e. The molecule has 1 atom stereocenters. The van der Waals surface area contributed by atoms with Gasteiger partial charge in [0.2, 0.25) is 23.7 Å². The Morgan fingerprint density at radius 2 is 1.84 bits per heavy atom. The van der Waals surface area contributed by atoms with Gasteiger partial charge in [0.1, 0.15) is 42.3 Å². The zero-order chi connectivity index (χ0) is 48.4. The van der Waals surface area contributed by atoms with E-state index in [1.165, 1.54) is 20.9 Å². The van der Waals surface area contributed by atoms with Gasteiger partial charge in [-0.1, -0.05) is 53.2 Å². The van der Waals surface area contributed by atoms with Crippen molar-refractivity contribution in [2.75, 3.05) is 55.1 Å². The number of benzene rings is 2. The van der Waals surface area contributed by atoms with E-state index in [0.717, 1.165) is 47.4 Å². The molecule has 21 heteroatoms. The maximum Gasteiger partial charge on any atom is 0.248 e. The zero-order valence-corrected chi connectivity index (χ0v) is 40.8. The molecule has 3 amide bonds. The Balaban J connectivity index is 0.807. The number of anilines is 3. The average Bonchev–Trinajstić information content (AvgIpc) is 4.14. The smallest absolute Gasteiger partial charge is 0.248 e.